The van der Waals surface area contributed by atoms with E-state index in [0.717, 1.165) is 11.3 Å². The van der Waals surface area contributed by atoms with Crippen LogP contribution in [0.15, 0.2) is 42.6 Å². The Morgan fingerprint density at radius 3 is 2.31 bits per heavy atom. The van der Waals surface area contributed by atoms with E-state index in [1.165, 1.54) is 6.20 Å². The third-order valence-corrected chi connectivity index (χ3v) is 2.42. The number of carbonyl (C=O) groups excluding carboxylic acids is 1. The van der Waals surface area contributed by atoms with Crippen molar-refractivity contribution in [1.82, 2.24) is 4.98 Å². The molecule has 2 N–H and O–H groups in total. The average molecular weight is 233 g/mol. The fourth-order valence-electron chi connectivity index (χ4n) is 1.33. The van der Waals surface area contributed by atoms with E-state index in [0.29, 0.717) is 11.3 Å². The predicted molar refractivity (Wildman–Crippen MR) is 64.3 cm³/mol. The molecule has 0 saturated heterocycles. The van der Waals surface area contributed by atoms with Gasteiger partial charge in [0.15, 0.2) is 0 Å². The van der Waals surface area contributed by atoms with Crippen LogP contribution in [0.3, 0.4) is 0 Å². The minimum absolute atomic E-state index is 0.390. The van der Waals surface area contributed by atoms with Crippen LogP contribution in [0.25, 0.3) is 11.3 Å². The summed E-state index contributed by atoms with van der Waals surface area (Å²) in [6.45, 7) is 0. The number of pyridine rings is 1. The van der Waals surface area contributed by atoms with Gasteiger partial charge >= 0.3 is 0 Å². The molecule has 0 fully saturated rings. The Hall–Kier alpha value is -1.87. The molecule has 3 nitrogen and oxygen atoms in total. The largest absolute Gasteiger partial charge is 0.399 e. The first-order valence-electron chi connectivity index (χ1n) is 4.68. The molecule has 0 radical (unpaired) electrons. The van der Waals surface area contributed by atoms with Gasteiger partial charge in [-0.15, -0.1) is 0 Å². The van der Waals surface area contributed by atoms with Crippen molar-refractivity contribution in [3.8, 4) is 11.3 Å². The first kappa shape index (κ1) is 10.6. The highest BCUT2D eigenvalue weighted by Gasteiger charge is 2.03. The molecule has 4 heteroatoms. The summed E-state index contributed by atoms with van der Waals surface area (Å²) in [5, 5.41) is -0.503. The number of nitrogen functional groups attached to an aromatic ring is 1. The fraction of sp³-hybridized carbons (Fsp3) is 0. The van der Waals surface area contributed by atoms with Gasteiger partial charge in [0.05, 0.1) is 11.3 Å². The van der Waals surface area contributed by atoms with Crippen LogP contribution in [0.2, 0.25) is 0 Å². The summed E-state index contributed by atoms with van der Waals surface area (Å²) in [6, 6.07) is 10.8. The van der Waals surface area contributed by atoms with Gasteiger partial charge in [-0.2, -0.15) is 0 Å². The van der Waals surface area contributed by atoms with Gasteiger partial charge in [-0.1, -0.05) is 12.1 Å². The lowest BCUT2D eigenvalue weighted by atomic mass is 10.1. The number of aromatic nitrogens is 1. The van der Waals surface area contributed by atoms with Crippen LogP contribution in [-0.2, 0) is 0 Å². The van der Waals surface area contributed by atoms with E-state index < -0.39 is 5.24 Å². The fourth-order valence-corrected chi connectivity index (χ4v) is 1.45. The van der Waals surface area contributed by atoms with Crippen LogP contribution in [0.1, 0.15) is 10.4 Å². The summed E-state index contributed by atoms with van der Waals surface area (Å²) in [7, 11) is 0. The molecule has 0 aliphatic heterocycles. The monoisotopic (exact) mass is 232 g/mol. The Balaban J connectivity index is 2.34. The molecular formula is C12H9ClN2O. The zero-order valence-corrected chi connectivity index (χ0v) is 9.11. The van der Waals surface area contributed by atoms with Crippen molar-refractivity contribution in [2.75, 3.05) is 5.73 Å². The van der Waals surface area contributed by atoms with Crippen molar-refractivity contribution >= 4 is 22.5 Å². The van der Waals surface area contributed by atoms with Crippen molar-refractivity contribution < 1.29 is 4.79 Å². The van der Waals surface area contributed by atoms with Crippen LogP contribution in [0.5, 0.6) is 0 Å². The second-order valence-corrected chi connectivity index (χ2v) is 3.67. The number of rotatable bonds is 2. The molecule has 0 unspecified atom stereocenters. The molecule has 2 aromatic rings. The van der Waals surface area contributed by atoms with E-state index in [9.17, 15) is 4.79 Å². The van der Waals surface area contributed by atoms with E-state index in [-0.39, 0.29) is 0 Å². The summed E-state index contributed by atoms with van der Waals surface area (Å²) in [5.74, 6) is 0. The van der Waals surface area contributed by atoms with E-state index >= 15 is 0 Å². The lowest BCUT2D eigenvalue weighted by molar-refractivity contribution is 0.108. The number of nitrogens with two attached hydrogens (primary N) is 1. The van der Waals surface area contributed by atoms with Gasteiger partial charge in [0.25, 0.3) is 5.24 Å². The maximum absolute atomic E-state index is 10.8. The normalized spacial score (nSPS) is 10.1. The molecule has 0 bridgehead atoms. The molecule has 0 saturated carbocycles. The predicted octanol–water partition coefficient (Wildman–Crippen LogP) is 2.71. The molecule has 80 valence electrons. The van der Waals surface area contributed by atoms with E-state index in [1.807, 2.05) is 12.1 Å². The van der Waals surface area contributed by atoms with E-state index in [1.54, 1.807) is 24.3 Å². The van der Waals surface area contributed by atoms with Crippen LogP contribution in [0.4, 0.5) is 5.69 Å². The molecule has 2 rings (SSSR count). The Kier molecular flexibility index (Phi) is 2.88. The van der Waals surface area contributed by atoms with E-state index in [2.05, 4.69) is 4.98 Å². The summed E-state index contributed by atoms with van der Waals surface area (Å²) >= 11 is 5.33. The molecular weight excluding hydrogens is 224 g/mol. The molecule has 1 aromatic heterocycles. The Bertz CT molecular complexity index is 506. The van der Waals surface area contributed by atoms with Gasteiger partial charge in [-0.25, -0.2) is 0 Å². The molecule has 1 aromatic carbocycles. The van der Waals surface area contributed by atoms with Crippen LogP contribution in [0, 0.1) is 0 Å². The lowest BCUT2D eigenvalue weighted by Gasteiger charge is -2.01. The van der Waals surface area contributed by atoms with Crippen LogP contribution in [-0.4, -0.2) is 10.2 Å². The zero-order chi connectivity index (χ0) is 11.5. The van der Waals surface area contributed by atoms with Crippen molar-refractivity contribution in [2.24, 2.45) is 0 Å². The molecule has 0 aliphatic rings. The van der Waals surface area contributed by atoms with Gasteiger partial charge in [-0.05, 0) is 35.9 Å². The Morgan fingerprint density at radius 2 is 1.81 bits per heavy atom. The maximum atomic E-state index is 10.8. The quantitative estimate of drug-likeness (QED) is 0.640. The maximum Gasteiger partial charge on any atom is 0.253 e. The lowest BCUT2D eigenvalue weighted by Crippen LogP contribution is -1.91. The number of anilines is 1. The number of hydrogen-bond acceptors (Lipinski definition) is 3. The van der Waals surface area contributed by atoms with Gasteiger partial charge < -0.3 is 5.73 Å². The summed E-state index contributed by atoms with van der Waals surface area (Å²) < 4.78 is 0. The highest BCUT2D eigenvalue weighted by molar-refractivity contribution is 6.67. The zero-order valence-electron chi connectivity index (χ0n) is 8.35. The molecule has 0 amide bonds. The van der Waals surface area contributed by atoms with Crippen LogP contribution >= 0.6 is 11.6 Å². The third-order valence-electron chi connectivity index (χ3n) is 2.20. The van der Waals surface area contributed by atoms with Crippen molar-refractivity contribution in [2.45, 2.75) is 0 Å². The smallest absolute Gasteiger partial charge is 0.253 e. The Morgan fingerprint density at radius 1 is 1.12 bits per heavy atom. The number of nitrogens with zero attached hydrogens (tertiary/aromatic N) is 1. The molecule has 16 heavy (non-hydrogen) atoms. The minimum atomic E-state index is -0.503. The van der Waals surface area contributed by atoms with Crippen LogP contribution < -0.4 is 5.73 Å². The molecule has 1 heterocycles. The average Bonchev–Trinajstić information content (AvgIpc) is 2.30. The van der Waals surface area contributed by atoms with Crippen molar-refractivity contribution in [3.63, 3.8) is 0 Å². The summed E-state index contributed by atoms with van der Waals surface area (Å²) in [6.07, 6.45) is 1.46. The number of benzene rings is 1. The topological polar surface area (TPSA) is 56.0 Å². The third kappa shape index (κ3) is 2.20. The number of carbonyl (C=O) groups is 1. The minimum Gasteiger partial charge on any atom is -0.399 e. The number of hydrogen-bond donors (Lipinski definition) is 1. The highest BCUT2D eigenvalue weighted by atomic mass is 35.5. The van der Waals surface area contributed by atoms with Gasteiger partial charge in [-0.3, -0.25) is 9.78 Å². The van der Waals surface area contributed by atoms with Gasteiger partial charge in [0.2, 0.25) is 0 Å². The summed E-state index contributed by atoms with van der Waals surface area (Å²) in [4.78, 5) is 15.0. The number of halogens is 1. The molecule has 0 spiro atoms. The van der Waals surface area contributed by atoms with Gasteiger partial charge in [0, 0.05) is 17.4 Å². The SMILES string of the molecule is Nc1ccc(-c2ccc(C(=O)Cl)cn2)cc1. The highest BCUT2D eigenvalue weighted by Crippen LogP contribution is 2.18. The Labute approximate surface area is 97.9 Å². The van der Waals surface area contributed by atoms with Gasteiger partial charge in [0.1, 0.15) is 0 Å². The second-order valence-electron chi connectivity index (χ2n) is 3.33. The van der Waals surface area contributed by atoms with Crippen molar-refractivity contribution in [1.29, 1.82) is 0 Å². The molecule has 0 aliphatic carbocycles. The second kappa shape index (κ2) is 4.33. The first-order chi connectivity index (χ1) is 7.66. The molecule has 0 atom stereocenters. The standard InChI is InChI=1S/C12H9ClN2O/c13-12(16)9-3-6-11(15-7-9)8-1-4-10(14)5-2-8/h1-7H,14H2. The van der Waals surface area contributed by atoms with E-state index in [4.69, 9.17) is 17.3 Å². The summed E-state index contributed by atoms with van der Waals surface area (Å²) in [5.41, 5.74) is 8.41. The first-order valence-corrected chi connectivity index (χ1v) is 5.06. The van der Waals surface area contributed by atoms with Crippen molar-refractivity contribution in [3.05, 3.63) is 48.2 Å².